The Kier molecular flexibility index (Phi) is 8.71. The number of sulfonamides is 1. The Labute approximate surface area is 240 Å². The number of hydrogen-bond acceptors (Lipinski definition) is 8. The molecule has 0 atom stereocenters. The highest BCUT2D eigenvalue weighted by molar-refractivity contribution is 7.93. The average Bonchev–Trinajstić information content (AvgIpc) is 3.02. The zero-order valence-corrected chi connectivity index (χ0v) is 23.5. The van der Waals surface area contributed by atoms with E-state index in [9.17, 15) is 13.2 Å². The maximum Gasteiger partial charge on any atom is 0.270 e. The van der Waals surface area contributed by atoms with E-state index < -0.39 is 15.9 Å². The fourth-order valence-electron chi connectivity index (χ4n) is 4.66. The van der Waals surface area contributed by atoms with Crippen molar-refractivity contribution in [2.24, 2.45) is 0 Å². The average molecular weight is 570 g/mol. The summed E-state index contributed by atoms with van der Waals surface area (Å²) in [7, 11) is -2.74. The molecule has 3 heterocycles. The zero-order valence-electron chi connectivity index (χ0n) is 22.7. The second-order valence-electron chi connectivity index (χ2n) is 9.46. The highest BCUT2D eigenvalue weighted by Crippen LogP contribution is 2.30. The van der Waals surface area contributed by atoms with Crippen molar-refractivity contribution in [3.05, 3.63) is 109 Å². The van der Waals surface area contributed by atoms with Gasteiger partial charge < -0.3 is 9.64 Å². The Morgan fingerprint density at radius 2 is 1.59 bits per heavy atom. The third kappa shape index (κ3) is 6.62. The van der Waals surface area contributed by atoms with Gasteiger partial charge in [0.05, 0.1) is 24.2 Å². The number of methoxy groups -OCH3 is 1. The number of piperazine rings is 1. The Morgan fingerprint density at radius 3 is 2.27 bits per heavy atom. The fourth-order valence-corrected chi connectivity index (χ4v) is 6.10. The lowest BCUT2D eigenvalue weighted by Crippen LogP contribution is -2.51. The molecule has 2 aromatic heterocycles. The van der Waals surface area contributed by atoms with Gasteiger partial charge in [-0.2, -0.15) is 0 Å². The van der Waals surface area contributed by atoms with Gasteiger partial charge in [0.1, 0.15) is 11.6 Å². The molecule has 1 fully saturated rings. The molecule has 210 valence electrons. The summed E-state index contributed by atoms with van der Waals surface area (Å²) in [6.07, 6.45) is 8.79. The van der Waals surface area contributed by atoms with Crippen molar-refractivity contribution in [1.29, 1.82) is 0 Å². The van der Waals surface area contributed by atoms with E-state index in [1.165, 1.54) is 19.2 Å². The Hall–Kier alpha value is -4.54. The van der Waals surface area contributed by atoms with Crippen molar-refractivity contribution >= 4 is 39.6 Å². The van der Waals surface area contributed by atoms with Crippen LogP contribution in [0.25, 0.3) is 12.2 Å². The molecule has 1 aliphatic rings. The van der Waals surface area contributed by atoms with Crippen LogP contribution in [0.2, 0.25) is 0 Å². The molecule has 0 radical (unpaired) electrons. The number of para-hydroxylation sites is 1. The normalized spacial score (nSPS) is 14.2. The lowest BCUT2D eigenvalue weighted by Gasteiger charge is -2.36. The minimum atomic E-state index is -4.25. The summed E-state index contributed by atoms with van der Waals surface area (Å²) >= 11 is 0. The van der Waals surface area contributed by atoms with Gasteiger partial charge in [-0.1, -0.05) is 36.4 Å². The van der Waals surface area contributed by atoms with Gasteiger partial charge in [0.15, 0.2) is 0 Å². The highest BCUT2D eigenvalue weighted by atomic mass is 32.2. The Morgan fingerprint density at radius 1 is 0.878 bits per heavy atom. The van der Waals surface area contributed by atoms with Crippen LogP contribution in [0, 0.1) is 0 Å². The molecule has 4 aromatic rings. The van der Waals surface area contributed by atoms with Crippen LogP contribution in [0.1, 0.15) is 11.1 Å². The second kappa shape index (κ2) is 12.8. The third-order valence-corrected chi connectivity index (χ3v) is 8.59. The number of ether oxygens (including phenoxy) is 1. The lowest BCUT2D eigenvalue weighted by molar-refractivity contribution is -0.118. The predicted octanol–water partition coefficient (Wildman–Crippen LogP) is 4.20. The van der Waals surface area contributed by atoms with Crippen LogP contribution in [0.5, 0.6) is 5.75 Å². The van der Waals surface area contributed by atoms with E-state index in [0.717, 1.165) is 15.7 Å². The summed E-state index contributed by atoms with van der Waals surface area (Å²) in [6.45, 7) is 2.51. The number of hydrogen-bond donors (Lipinski definition) is 0. The SMILES string of the molecule is COc1ccc(S(=O)(=O)N(C(=O)CN2CCN(c3ccccn3)CC2)c2ccccc2C=Cc2ccncc2)cc1. The Balaban J connectivity index is 1.45. The number of nitrogens with zero attached hydrogens (tertiary/aromatic N) is 5. The van der Waals surface area contributed by atoms with E-state index in [0.29, 0.717) is 37.5 Å². The van der Waals surface area contributed by atoms with Gasteiger partial charge in [0, 0.05) is 44.8 Å². The van der Waals surface area contributed by atoms with Crippen LogP contribution in [-0.4, -0.2) is 69.0 Å². The van der Waals surface area contributed by atoms with Crippen LogP contribution in [0.15, 0.2) is 102 Å². The molecule has 9 nitrogen and oxygen atoms in total. The maximum absolute atomic E-state index is 14.1. The lowest BCUT2D eigenvalue weighted by atomic mass is 10.1. The standard InChI is InChI=1S/C31H31N5O4S/c1-40-27-11-13-28(14-12-27)41(38,39)36(29-7-3-2-6-26(29)10-9-25-15-18-32-19-16-25)31(37)24-34-20-22-35(23-21-34)30-8-4-5-17-33-30/h2-19H,20-24H2,1H3. The monoisotopic (exact) mass is 569 g/mol. The van der Waals surface area contributed by atoms with Crippen LogP contribution >= 0.6 is 0 Å². The number of amides is 1. The van der Waals surface area contributed by atoms with Crippen LogP contribution in [0.3, 0.4) is 0 Å². The summed E-state index contributed by atoms with van der Waals surface area (Å²) in [5.41, 5.74) is 1.77. The minimum absolute atomic E-state index is 0.000428. The molecule has 2 aromatic carbocycles. The minimum Gasteiger partial charge on any atom is -0.497 e. The molecule has 0 N–H and O–H groups in total. The van der Waals surface area contributed by atoms with Gasteiger partial charge in [-0.3, -0.25) is 14.7 Å². The number of carbonyl (C=O) groups excluding carboxylic acids is 1. The second-order valence-corrected chi connectivity index (χ2v) is 11.2. The highest BCUT2D eigenvalue weighted by Gasteiger charge is 2.34. The first-order valence-corrected chi connectivity index (χ1v) is 14.7. The predicted molar refractivity (Wildman–Crippen MR) is 160 cm³/mol. The zero-order chi connectivity index (χ0) is 28.7. The van der Waals surface area contributed by atoms with Gasteiger partial charge in [-0.05, 0) is 65.7 Å². The van der Waals surface area contributed by atoms with Crippen molar-refractivity contribution in [3.8, 4) is 5.75 Å². The summed E-state index contributed by atoms with van der Waals surface area (Å²) in [6, 6.07) is 22.5. The molecular formula is C31H31N5O4S. The van der Waals surface area contributed by atoms with Gasteiger partial charge >= 0.3 is 0 Å². The first-order chi connectivity index (χ1) is 20.0. The van der Waals surface area contributed by atoms with Crippen molar-refractivity contribution in [3.63, 3.8) is 0 Å². The van der Waals surface area contributed by atoms with Crippen LogP contribution in [0.4, 0.5) is 11.5 Å². The molecule has 1 saturated heterocycles. The number of pyridine rings is 2. The first-order valence-electron chi connectivity index (χ1n) is 13.2. The first kappa shape index (κ1) is 28.0. The number of aromatic nitrogens is 2. The topological polar surface area (TPSA) is 95.9 Å². The Bertz CT molecular complexity index is 1590. The molecule has 1 aliphatic heterocycles. The van der Waals surface area contributed by atoms with Crippen molar-refractivity contribution in [2.45, 2.75) is 4.90 Å². The van der Waals surface area contributed by atoms with E-state index in [2.05, 4.69) is 14.9 Å². The quantitative estimate of drug-likeness (QED) is 0.296. The van der Waals surface area contributed by atoms with Crippen LogP contribution in [-0.2, 0) is 14.8 Å². The summed E-state index contributed by atoms with van der Waals surface area (Å²) in [5, 5.41) is 0. The van der Waals surface area contributed by atoms with E-state index >= 15 is 0 Å². The smallest absolute Gasteiger partial charge is 0.270 e. The van der Waals surface area contributed by atoms with E-state index in [4.69, 9.17) is 4.74 Å². The molecule has 0 spiro atoms. The van der Waals surface area contributed by atoms with Crippen LogP contribution < -0.4 is 13.9 Å². The van der Waals surface area contributed by atoms with Gasteiger partial charge in [-0.15, -0.1) is 0 Å². The summed E-state index contributed by atoms with van der Waals surface area (Å²) in [4.78, 5) is 26.5. The molecule has 0 unspecified atom stereocenters. The van der Waals surface area contributed by atoms with Gasteiger partial charge in [0.2, 0.25) is 0 Å². The van der Waals surface area contributed by atoms with Gasteiger partial charge in [-0.25, -0.2) is 17.7 Å². The van der Waals surface area contributed by atoms with Crippen molar-refractivity contribution in [2.75, 3.05) is 49.0 Å². The molecule has 0 saturated carbocycles. The molecule has 5 rings (SSSR count). The fraction of sp³-hybridized carbons (Fsp3) is 0.194. The van der Waals surface area contributed by atoms with Crippen molar-refractivity contribution in [1.82, 2.24) is 14.9 Å². The third-order valence-electron chi connectivity index (χ3n) is 6.85. The number of carbonyl (C=O) groups is 1. The molecule has 41 heavy (non-hydrogen) atoms. The number of benzene rings is 2. The van der Waals surface area contributed by atoms with Gasteiger partial charge in [0.25, 0.3) is 15.9 Å². The summed E-state index contributed by atoms with van der Waals surface area (Å²) in [5.74, 6) is 0.877. The van der Waals surface area contributed by atoms with E-state index in [1.54, 1.807) is 55.0 Å². The molecule has 0 bridgehead atoms. The molecule has 0 aliphatic carbocycles. The largest absolute Gasteiger partial charge is 0.497 e. The number of rotatable bonds is 9. The van der Waals surface area contributed by atoms with Crippen molar-refractivity contribution < 1.29 is 17.9 Å². The van der Waals surface area contributed by atoms with E-state index in [-0.39, 0.29) is 17.1 Å². The van der Waals surface area contributed by atoms with E-state index in [1.807, 2.05) is 47.4 Å². The molecular weight excluding hydrogens is 538 g/mol. The number of anilines is 2. The molecule has 10 heteroatoms. The maximum atomic E-state index is 14.1. The molecule has 1 amide bonds. The summed E-state index contributed by atoms with van der Waals surface area (Å²) < 4.78 is 34.3.